The first kappa shape index (κ1) is 15.1. The molecule has 3 aromatic rings. The molecule has 0 saturated heterocycles. The van der Waals surface area contributed by atoms with Gasteiger partial charge in [-0.25, -0.2) is 0 Å². The summed E-state index contributed by atoms with van der Waals surface area (Å²) in [4.78, 5) is 11.8. The number of nitrogens with one attached hydrogen (secondary N) is 1. The molecule has 0 atom stereocenters. The molecule has 0 spiro atoms. The smallest absolute Gasteiger partial charge is 0.202 e. The number of benzene rings is 1. The van der Waals surface area contributed by atoms with Crippen LogP contribution < -0.4 is 5.32 Å². The van der Waals surface area contributed by atoms with Crippen molar-refractivity contribution in [3.8, 4) is 11.5 Å². The highest BCUT2D eigenvalue weighted by Gasteiger charge is 2.09. The molecule has 5 nitrogen and oxygen atoms in total. The predicted octanol–water partition coefficient (Wildman–Crippen LogP) is 4.53. The Morgan fingerprint density at radius 3 is 2.70 bits per heavy atom. The van der Waals surface area contributed by atoms with E-state index in [9.17, 15) is 4.79 Å². The predicted molar refractivity (Wildman–Crippen MR) is 87.2 cm³/mol. The summed E-state index contributed by atoms with van der Waals surface area (Å²) in [7, 11) is 0. The highest BCUT2D eigenvalue weighted by Crippen LogP contribution is 2.21. The maximum absolute atomic E-state index is 11.8. The first-order chi connectivity index (χ1) is 11.3. The Morgan fingerprint density at radius 2 is 2.00 bits per heavy atom. The van der Waals surface area contributed by atoms with Crippen LogP contribution in [0.5, 0.6) is 0 Å². The van der Waals surface area contributed by atoms with Crippen LogP contribution in [-0.4, -0.2) is 10.9 Å². The molecule has 0 aliphatic carbocycles. The lowest BCUT2D eigenvalue weighted by Gasteiger charge is -2.05. The molecule has 3 rings (SSSR count). The van der Waals surface area contributed by atoms with Crippen LogP contribution in [0.2, 0.25) is 0 Å². The van der Waals surface area contributed by atoms with E-state index in [-0.39, 0.29) is 5.78 Å². The zero-order chi connectivity index (χ0) is 16.1. The van der Waals surface area contributed by atoms with Crippen molar-refractivity contribution >= 4 is 11.5 Å². The third-order valence-electron chi connectivity index (χ3n) is 3.48. The highest BCUT2D eigenvalue weighted by atomic mass is 16.5. The minimum absolute atomic E-state index is 0.179. The lowest BCUT2D eigenvalue weighted by molar-refractivity contribution is 0.0982. The van der Waals surface area contributed by atoms with Gasteiger partial charge < -0.3 is 14.3 Å². The summed E-state index contributed by atoms with van der Waals surface area (Å²) in [6.07, 6.45) is 3.04. The minimum Gasteiger partial charge on any atom is -0.461 e. The number of Topliss-reactive ketones (excluding diaryl/α,β-unsaturated/α-hetero) is 1. The van der Waals surface area contributed by atoms with Crippen molar-refractivity contribution < 1.29 is 13.7 Å². The number of furan rings is 1. The fourth-order valence-electron chi connectivity index (χ4n) is 2.27. The SMILES string of the molecule is CCCC(=O)c1ccc(NCc2cc(-c3ccco3)on2)cc1. The Bertz CT molecular complexity index is 758. The second-order valence-corrected chi connectivity index (χ2v) is 5.26. The maximum atomic E-state index is 11.8. The van der Waals surface area contributed by atoms with Gasteiger partial charge in [0, 0.05) is 23.7 Å². The standard InChI is InChI=1S/C18H18N2O3/c1-2-4-16(21)13-6-8-14(9-7-13)19-12-15-11-18(23-20-15)17-5-3-10-22-17/h3,5-11,19H,2,4,12H2,1H3. The van der Waals surface area contributed by atoms with Crippen LogP contribution in [0.1, 0.15) is 35.8 Å². The molecule has 0 aliphatic rings. The van der Waals surface area contributed by atoms with Crippen LogP contribution in [0.4, 0.5) is 5.69 Å². The lowest BCUT2D eigenvalue weighted by Crippen LogP contribution is -2.01. The Kier molecular flexibility index (Phi) is 4.57. The number of carbonyl (C=O) groups is 1. The maximum Gasteiger partial charge on any atom is 0.202 e. The first-order valence-electron chi connectivity index (χ1n) is 7.63. The largest absolute Gasteiger partial charge is 0.461 e. The fourth-order valence-corrected chi connectivity index (χ4v) is 2.27. The molecule has 0 amide bonds. The second-order valence-electron chi connectivity index (χ2n) is 5.26. The number of carbonyl (C=O) groups excluding carboxylic acids is 1. The van der Waals surface area contributed by atoms with E-state index in [1.54, 1.807) is 12.3 Å². The topological polar surface area (TPSA) is 68.3 Å². The van der Waals surface area contributed by atoms with E-state index in [2.05, 4.69) is 10.5 Å². The molecule has 2 heterocycles. The number of ketones is 1. The van der Waals surface area contributed by atoms with Crippen molar-refractivity contribution in [2.45, 2.75) is 26.3 Å². The van der Waals surface area contributed by atoms with Crippen LogP contribution in [-0.2, 0) is 6.54 Å². The molecule has 0 saturated carbocycles. The molecule has 0 radical (unpaired) electrons. The van der Waals surface area contributed by atoms with Gasteiger partial charge in [0.25, 0.3) is 0 Å². The second kappa shape index (κ2) is 6.96. The van der Waals surface area contributed by atoms with E-state index in [4.69, 9.17) is 8.94 Å². The van der Waals surface area contributed by atoms with Crippen LogP contribution in [0.15, 0.2) is 57.7 Å². The van der Waals surface area contributed by atoms with Gasteiger partial charge in [0.15, 0.2) is 11.5 Å². The summed E-state index contributed by atoms with van der Waals surface area (Å²) in [5.41, 5.74) is 2.46. The number of anilines is 1. The van der Waals surface area contributed by atoms with Gasteiger partial charge in [0.1, 0.15) is 5.69 Å². The highest BCUT2D eigenvalue weighted by molar-refractivity contribution is 5.96. The molecule has 1 aromatic carbocycles. The van der Waals surface area contributed by atoms with Gasteiger partial charge >= 0.3 is 0 Å². The van der Waals surface area contributed by atoms with Crippen LogP contribution in [0.25, 0.3) is 11.5 Å². The molecule has 23 heavy (non-hydrogen) atoms. The van der Waals surface area contributed by atoms with E-state index in [0.29, 0.717) is 24.5 Å². The average Bonchev–Trinajstić information content (AvgIpc) is 3.25. The van der Waals surface area contributed by atoms with E-state index in [1.165, 1.54) is 0 Å². The van der Waals surface area contributed by atoms with Gasteiger partial charge in [-0.1, -0.05) is 12.1 Å². The number of hydrogen-bond acceptors (Lipinski definition) is 5. The third-order valence-corrected chi connectivity index (χ3v) is 3.48. The molecule has 118 valence electrons. The monoisotopic (exact) mass is 310 g/mol. The molecular formula is C18H18N2O3. The average molecular weight is 310 g/mol. The molecule has 0 unspecified atom stereocenters. The zero-order valence-corrected chi connectivity index (χ0v) is 12.9. The van der Waals surface area contributed by atoms with Gasteiger partial charge in [0.05, 0.1) is 12.8 Å². The van der Waals surface area contributed by atoms with E-state index in [0.717, 1.165) is 23.4 Å². The van der Waals surface area contributed by atoms with Gasteiger partial charge in [-0.05, 0) is 42.8 Å². The van der Waals surface area contributed by atoms with Gasteiger partial charge in [0.2, 0.25) is 5.76 Å². The molecule has 0 aliphatic heterocycles. The van der Waals surface area contributed by atoms with Crippen molar-refractivity contribution in [3.05, 3.63) is 60.0 Å². The zero-order valence-electron chi connectivity index (χ0n) is 12.9. The fraction of sp³-hybridized carbons (Fsp3) is 0.222. The summed E-state index contributed by atoms with van der Waals surface area (Å²) in [6.45, 7) is 2.54. The first-order valence-corrected chi connectivity index (χ1v) is 7.63. The van der Waals surface area contributed by atoms with Gasteiger partial charge in [-0.2, -0.15) is 0 Å². The number of nitrogens with zero attached hydrogens (tertiary/aromatic N) is 1. The summed E-state index contributed by atoms with van der Waals surface area (Å²) in [6, 6.07) is 13.0. The summed E-state index contributed by atoms with van der Waals surface area (Å²) in [5, 5.41) is 7.26. The Labute approximate surface area is 134 Å². The molecule has 1 N–H and O–H groups in total. The summed E-state index contributed by atoms with van der Waals surface area (Å²) >= 11 is 0. The summed E-state index contributed by atoms with van der Waals surface area (Å²) in [5.74, 6) is 1.44. The molecule has 0 bridgehead atoms. The Hall–Kier alpha value is -2.82. The van der Waals surface area contributed by atoms with Crippen molar-refractivity contribution in [2.75, 3.05) is 5.32 Å². The number of hydrogen-bond donors (Lipinski definition) is 1. The van der Waals surface area contributed by atoms with Crippen molar-refractivity contribution in [1.82, 2.24) is 5.16 Å². The van der Waals surface area contributed by atoms with Gasteiger partial charge in [-0.15, -0.1) is 0 Å². The van der Waals surface area contributed by atoms with Crippen molar-refractivity contribution in [1.29, 1.82) is 0 Å². The van der Waals surface area contributed by atoms with Crippen molar-refractivity contribution in [2.24, 2.45) is 0 Å². The molecular weight excluding hydrogens is 292 g/mol. The third kappa shape index (κ3) is 3.69. The summed E-state index contributed by atoms with van der Waals surface area (Å²) < 4.78 is 10.5. The minimum atomic E-state index is 0.179. The lowest BCUT2D eigenvalue weighted by atomic mass is 10.1. The van der Waals surface area contributed by atoms with Crippen LogP contribution >= 0.6 is 0 Å². The Morgan fingerprint density at radius 1 is 1.17 bits per heavy atom. The van der Waals surface area contributed by atoms with Crippen LogP contribution in [0, 0.1) is 0 Å². The Balaban J connectivity index is 1.59. The quantitative estimate of drug-likeness (QED) is 0.649. The molecule has 0 fully saturated rings. The van der Waals surface area contributed by atoms with E-state index in [1.807, 2.05) is 43.3 Å². The van der Waals surface area contributed by atoms with Gasteiger partial charge in [-0.3, -0.25) is 4.79 Å². The number of rotatable bonds is 7. The van der Waals surface area contributed by atoms with Crippen LogP contribution in [0.3, 0.4) is 0 Å². The normalized spacial score (nSPS) is 10.7. The molecule has 5 heteroatoms. The molecule has 2 aromatic heterocycles. The van der Waals surface area contributed by atoms with Crippen molar-refractivity contribution in [3.63, 3.8) is 0 Å². The number of aromatic nitrogens is 1. The van der Waals surface area contributed by atoms with E-state index >= 15 is 0 Å². The van der Waals surface area contributed by atoms with E-state index < -0.39 is 0 Å².